The summed E-state index contributed by atoms with van der Waals surface area (Å²) in [6.45, 7) is 3.16. The Kier molecular flexibility index (Phi) is 4.89. The molecule has 1 N–H and O–H groups in total. The molecule has 1 atom stereocenters. The number of rotatable bonds is 7. The molecule has 1 fully saturated rings. The molecule has 0 aromatic carbocycles. The Morgan fingerprint density at radius 3 is 3.00 bits per heavy atom. The van der Waals surface area contributed by atoms with E-state index in [2.05, 4.69) is 47.6 Å². The summed E-state index contributed by atoms with van der Waals surface area (Å²) in [5.74, 6) is 1.15. The summed E-state index contributed by atoms with van der Waals surface area (Å²) in [4.78, 5) is 6.76. The minimum Gasteiger partial charge on any atom is -0.371 e. The van der Waals surface area contributed by atoms with Crippen LogP contribution in [0, 0.1) is 0 Å². The van der Waals surface area contributed by atoms with Gasteiger partial charge in [-0.1, -0.05) is 0 Å². The van der Waals surface area contributed by atoms with Crippen molar-refractivity contribution in [2.75, 3.05) is 24.0 Å². The Balaban J connectivity index is 1.96. The molecule has 1 heterocycles. The van der Waals surface area contributed by atoms with E-state index in [0.717, 1.165) is 24.0 Å². The van der Waals surface area contributed by atoms with Crippen molar-refractivity contribution < 1.29 is 0 Å². The first-order valence-corrected chi connectivity index (χ1v) is 8.00. The van der Waals surface area contributed by atoms with Gasteiger partial charge in [-0.15, -0.1) is 0 Å². The molecule has 1 aliphatic carbocycles. The summed E-state index contributed by atoms with van der Waals surface area (Å²) in [5.41, 5.74) is 2.40. The van der Waals surface area contributed by atoms with Gasteiger partial charge in [0.1, 0.15) is 0 Å². The van der Waals surface area contributed by atoms with Crippen molar-refractivity contribution in [1.82, 2.24) is 10.3 Å². The quantitative estimate of drug-likeness (QED) is 0.820. The van der Waals surface area contributed by atoms with Gasteiger partial charge in [0, 0.05) is 43.3 Å². The maximum absolute atomic E-state index is 4.43. The van der Waals surface area contributed by atoms with Crippen LogP contribution < -0.4 is 10.2 Å². The standard InChI is InChI=1S/C14H23N3S/c1-11(10-18-3)17(2)14-6-7-15-13(8-14)9-16-12-4-5-12/h6-8,11-12,16H,4-5,9-10H2,1-3H3. The maximum atomic E-state index is 4.43. The fraction of sp³-hybridized carbons (Fsp3) is 0.643. The molecule has 0 amide bonds. The van der Waals surface area contributed by atoms with Gasteiger partial charge in [-0.25, -0.2) is 0 Å². The zero-order chi connectivity index (χ0) is 13.0. The second-order valence-electron chi connectivity index (χ2n) is 5.08. The average molecular weight is 265 g/mol. The molecule has 100 valence electrons. The van der Waals surface area contributed by atoms with Crippen molar-refractivity contribution >= 4 is 17.4 Å². The van der Waals surface area contributed by atoms with Crippen LogP contribution in [0.5, 0.6) is 0 Å². The highest BCUT2D eigenvalue weighted by atomic mass is 32.2. The lowest BCUT2D eigenvalue weighted by Crippen LogP contribution is -2.31. The van der Waals surface area contributed by atoms with Crippen molar-refractivity contribution in [1.29, 1.82) is 0 Å². The Bertz CT molecular complexity index is 379. The van der Waals surface area contributed by atoms with Gasteiger partial charge in [0.05, 0.1) is 5.69 Å². The predicted molar refractivity (Wildman–Crippen MR) is 80.3 cm³/mol. The molecular formula is C14H23N3S. The number of pyridine rings is 1. The zero-order valence-electron chi connectivity index (χ0n) is 11.5. The molecule has 0 saturated heterocycles. The molecule has 0 aliphatic heterocycles. The van der Waals surface area contributed by atoms with Crippen LogP contribution in [0.2, 0.25) is 0 Å². The number of hydrogen-bond donors (Lipinski definition) is 1. The van der Waals surface area contributed by atoms with Crippen LogP contribution in [0.4, 0.5) is 5.69 Å². The third kappa shape index (κ3) is 3.89. The number of anilines is 1. The van der Waals surface area contributed by atoms with E-state index in [0.29, 0.717) is 6.04 Å². The first kappa shape index (κ1) is 13.7. The minimum absolute atomic E-state index is 0.548. The summed E-state index contributed by atoms with van der Waals surface area (Å²) in [7, 11) is 2.16. The van der Waals surface area contributed by atoms with Crippen molar-refractivity contribution in [2.45, 2.75) is 38.4 Å². The van der Waals surface area contributed by atoms with Crippen LogP contribution in [-0.4, -0.2) is 36.1 Å². The van der Waals surface area contributed by atoms with E-state index in [1.54, 1.807) is 0 Å². The first-order valence-electron chi connectivity index (χ1n) is 6.60. The molecule has 4 heteroatoms. The van der Waals surface area contributed by atoms with Crippen molar-refractivity contribution in [3.63, 3.8) is 0 Å². The molecular weight excluding hydrogens is 242 g/mol. The normalized spacial score (nSPS) is 16.6. The van der Waals surface area contributed by atoms with Crippen LogP contribution >= 0.6 is 11.8 Å². The van der Waals surface area contributed by atoms with Gasteiger partial charge in [0.25, 0.3) is 0 Å². The van der Waals surface area contributed by atoms with Crippen molar-refractivity contribution in [3.8, 4) is 0 Å². The van der Waals surface area contributed by atoms with Gasteiger partial charge >= 0.3 is 0 Å². The second kappa shape index (κ2) is 6.43. The SMILES string of the molecule is CSCC(C)N(C)c1ccnc(CNC2CC2)c1. The van der Waals surface area contributed by atoms with Gasteiger partial charge in [0.15, 0.2) is 0 Å². The molecule has 0 bridgehead atoms. The summed E-state index contributed by atoms with van der Waals surface area (Å²) in [6.07, 6.45) is 6.72. The molecule has 18 heavy (non-hydrogen) atoms. The number of nitrogens with zero attached hydrogens (tertiary/aromatic N) is 2. The van der Waals surface area contributed by atoms with Crippen LogP contribution in [0.3, 0.4) is 0 Å². The topological polar surface area (TPSA) is 28.2 Å². The van der Waals surface area contributed by atoms with Crippen LogP contribution in [0.1, 0.15) is 25.5 Å². The van der Waals surface area contributed by atoms with Crippen molar-refractivity contribution in [3.05, 3.63) is 24.0 Å². The lowest BCUT2D eigenvalue weighted by molar-refractivity contribution is 0.673. The largest absolute Gasteiger partial charge is 0.371 e. The van der Waals surface area contributed by atoms with Gasteiger partial charge in [-0.2, -0.15) is 11.8 Å². The molecule has 1 saturated carbocycles. The van der Waals surface area contributed by atoms with Crippen molar-refractivity contribution in [2.24, 2.45) is 0 Å². The highest BCUT2D eigenvalue weighted by Crippen LogP contribution is 2.20. The third-order valence-corrected chi connectivity index (χ3v) is 4.24. The Morgan fingerprint density at radius 2 is 2.33 bits per heavy atom. The summed E-state index contributed by atoms with van der Waals surface area (Å²) >= 11 is 1.89. The van der Waals surface area contributed by atoms with Gasteiger partial charge in [0.2, 0.25) is 0 Å². The lowest BCUT2D eigenvalue weighted by atomic mass is 10.2. The Morgan fingerprint density at radius 1 is 1.56 bits per heavy atom. The number of hydrogen-bond acceptors (Lipinski definition) is 4. The van der Waals surface area contributed by atoms with Gasteiger partial charge in [-0.3, -0.25) is 4.98 Å². The average Bonchev–Trinajstić information content (AvgIpc) is 3.20. The molecule has 3 nitrogen and oxygen atoms in total. The fourth-order valence-corrected chi connectivity index (χ4v) is 2.63. The second-order valence-corrected chi connectivity index (χ2v) is 5.99. The van der Waals surface area contributed by atoms with Crippen LogP contribution in [0.25, 0.3) is 0 Å². The molecule has 0 radical (unpaired) electrons. The van der Waals surface area contributed by atoms with Gasteiger partial charge in [-0.05, 0) is 38.2 Å². The van der Waals surface area contributed by atoms with E-state index < -0.39 is 0 Å². The smallest absolute Gasteiger partial charge is 0.0562 e. The van der Waals surface area contributed by atoms with Crippen LogP contribution in [0.15, 0.2) is 18.3 Å². The van der Waals surface area contributed by atoms with E-state index in [1.807, 2.05) is 18.0 Å². The minimum atomic E-state index is 0.548. The zero-order valence-corrected chi connectivity index (χ0v) is 12.3. The molecule has 2 rings (SSSR count). The monoisotopic (exact) mass is 265 g/mol. The predicted octanol–water partition coefficient (Wildman–Crippen LogP) is 2.52. The number of aromatic nitrogens is 1. The Hall–Kier alpha value is -0.740. The lowest BCUT2D eigenvalue weighted by Gasteiger charge is -2.26. The molecule has 0 spiro atoms. The summed E-state index contributed by atoms with van der Waals surface area (Å²) in [5, 5.41) is 3.51. The molecule has 1 aromatic rings. The first-order chi connectivity index (χ1) is 8.70. The molecule has 1 aromatic heterocycles. The summed E-state index contributed by atoms with van der Waals surface area (Å²) in [6, 6.07) is 5.58. The number of thioether (sulfide) groups is 1. The highest BCUT2D eigenvalue weighted by molar-refractivity contribution is 7.98. The molecule has 1 aliphatic rings. The third-order valence-electron chi connectivity index (χ3n) is 3.43. The summed E-state index contributed by atoms with van der Waals surface area (Å²) < 4.78 is 0. The van der Waals surface area contributed by atoms with E-state index in [9.17, 15) is 0 Å². The van der Waals surface area contributed by atoms with E-state index in [1.165, 1.54) is 18.5 Å². The van der Waals surface area contributed by atoms with Crippen LogP contribution in [-0.2, 0) is 6.54 Å². The number of nitrogens with one attached hydrogen (secondary N) is 1. The van der Waals surface area contributed by atoms with E-state index in [-0.39, 0.29) is 0 Å². The highest BCUT2D eigenvalue weighted by Gasteiger charge is 2.20. The Labute approximate surface area is 114 Å². The molecule has 1 unspecified atom stereocenters. The van der Waals surface area contributed by atoms with E-state index in [4.69, 9.17) is 0 Å². The fourth-order valence-electron chi connectivity index (χ4n) is 1.93. The van der Waals surface area contributed by atoms with E-state index >= 15 is 0 Å². The maximum Gasteiger partial charge on any atom is 0.0562 e. The van der Waals surface area contributed by atoms with Gasteiger partial charge < -0.3 is 10.2 Å².